The second kappa shape index (κ2) is 18.1. The molecule has 0 aliphatic heterocycles. The summed E-state index contributed by atoms with van der Waals surface area (Å²) in [6.07, 6.45) is 6.60. The van der Waals surface area contributed by atoms with Crippen molar-refractivity contribution in [3.05, 3.63) is 89.0 Å². The van der Waals surface area contributed by atoms with E-state index in [2.05, 4.69) is 28.9 Å². The van der Waals surface area contributed by atoms with Crippen molar-refractivity contribution in [2.75, 3.05) is 59.5 Å². The molecule has 2 fully saturated rings. The molecule has 3 aromatic rings. The molecular formula is C42H50Cl4N2O4. The van der Waals surface area contributed by atoms with E-state index in [1.807, 2.05) is 54.6 Å². The monoisotopic (exact) mass is 786 g/mol. The summed E-state index contributed by atoms with van der Waals surface area (Å²) in [7, 11) is 0. The van der Waals surface area contributed by atoms with Crippen LogP contribution in [0.3, 0.4) is 0 Å². The van der Waals surface area contributed by atoms with Crippen LogP contribution in [0.25, 0.3) is 0 Å². The lowest BCUT2D eigenvalue weighted by atomic mass is 9.55. The van der Waals surface area contributed by atoms with Gasteiger partial charge in [-0.15, -0.1) is 46.4 Å². The van der Waals surface area contributed by atoms with Gasteiger partial charge in [-0.2, -0.15) is 0 Å². The molecule has 10 heteroatoms. The highest BCUT2D eigenvalue weighted by Gasteiger charge is 2.56. The first-order valence-corrected chi connectivity index (χ1v) is 20.8. The second-order valence-electron chi connectivity index (χ2n) is 14.8. The zero-order valence-corrected chi connectivity index (χ0v) is 33.0. The van der Waals surface area contributed by atoms with E-state index in [1.165, 1.54) is 11.1 Å². The Balaban J connectivity index is 1.03. The van der Waals surface area contributed by atoms with E-state index in [1.54, 1.807) is 0 Å². The number of carbonyl (C=O) groups is 2. The molecule has 0 saturated heterocycles. The van der Waals surface area contributed by atoms with E-state index >= 15 is 0 Å². The van der Waals surface area contributed by atoms with Crippen molar-refractivity contribution >= 4 is 69.7 Å². The minimum absolute atomic E-state index is 0.0119. The van der Waals surface area contributed by atoms with Crippen LogP contribution >= 0.6 is 46.4 Å². The van der Waals surface area contributed by atoms with Gasteiger partial charge >= 0.3 is 11.9 Å². The normalized spacial score (nSPS) is 23.2. The number of hydrogen-bond donors (Lipinski definition) is 0. The van der Waals surface area contributed by atoms with Crippen LogP contribution in [0.4, 0.5) is 11.4 Å². The molecule has 6 rings (SSSR count). The average Bonchev–Trinajstić information content (AvgIpc) is 3.47. The SMILES string of the molecule is C[C@@]12CC[C@@H]3c4ccc(OC(=O)Cc5ccc(N(CCCl)CCCl)cc5)cc4CC[C@@H]3[C@@H]1CC[C@@H]2OC(=O)Cc1ccc(N(CCCl)CCCl)cc1. The minimum Gasteiger partial charge on any atom is -0.462 e. The van der Waals surface area contributed by atoms with Gasteiger partial charge in [0.1, 0.15) is 11.9 Å². The molecule has 0 bridgehead atoms. The predicted octanol–water partition coefficient (Wildman–Crippen LogP) is 9.41. The highest BCUT2D eigenvalue weighted by atomic mass is 35.5. The van der Waals surface area contributed by atoms with Gasteiger partial charge in [-0.1, -0.05) is 37.3 Å². The summed E-state index contributed by atoms with van der Waals surface area (Å²) in [6, 6.07) is 22.2. The smallest absolute Gasteiger partial charge is 0.315 e. The first-order valence-electron chi connectivity index (χ1n) is 18.7. The molecule has 3 aliphatic rings. The maximum Gasteiger partial charge on any atom is 0.315 e. The molecule has 6 nitrogen and oxygen atoms in total. The number of anilines is 2. The number of esters is 2. The predicted molar refractivity (Wildman–Crippen MR) is 214 cm³/mol. The lowest BCUT2D eigenvalue weighted by Crippen LogP contribution is -2.45. The lowest BCUT2D eigenvalue weighted by Gasteiger charge is -2.50. The number of rotatable bonds is 16. The summed E-state index contributed by atoms with van der Waals surface area (Å²) in [4.78, 5) is 30.5. The Morgan fingerprint density at radius 1 is 0.712 bits per heavy atom. The van der Waals surface area contributed by atoms with Gasteiger partial charge in [-0.3, -0.25) is 9.59 Å². The first-order chi connectivity index (χ1) is 25.3. The molecule has 0 heterocycles. The third-order valence-electron chi connectivity index (χ3n) is 11.8. The van der Waals surface area contributed by atoms with Crippen LogP contribution in [0.5, 0.6) is 5.75 Å². The van der Waals surface area contributed by atoms with Crippen molar-refractivity contribution in [2.45, 2.75) is 70.3 Å². The van der Waals surface area contributed by atoms with E-state index in [4.69, 9.17) is 55.9 Å². The molecule has 0 aromatic heterocycles. The van der Waals surface area contributed by atoms with Gasteiger partial charge in [0.25, 0.3) is 0 Å². The van der Waals surface area contributed by atoms with E-state index in [0.29, 0.717) is 60.1 Å². The minimum atomic E-state index is -0.270. The molecule has 3 aromatic carbocycles. The molecule has 0 spiro atoms. The Hall–Kier alpha value is -2.64. The largest absolute Gasteiger partial charge is 0.462 e. The van der Waals surface area contributed by atoms with Crippen molar-refractivity contribution < 1.29 is 19.1 Å². The number of ether oxygens (including phenoxy) is 2. The fraction of sp³-hybridized carbons (Fsp3) is 0.524. The third kappa shape index (κ3) is 9.00. The number of carbonyl (C=O) groups excluding carboxylic acids is 2. The van der Waals surface area contributed by atoms with Crippen LogP contribution in [-0.4, -0.2) is 67.7 Å². The molecule has 0 N–H and O–H groups in total. The molecule has 280 valence electrons. The van der Waals surface area contributed by atoms with Crippen LogP contribution in [0.15, 0.2) is 66.7 Å². The number of fused-ring (bicyclic) bond motifs is 5. The number of nitrogens with zero attached hydrogens (tertiary/aromatic N) is 2. The second-order valence-corrected chi connectivity index (χ2v) is 16.3. The summed E-state index contributed by atoms with van der Waals surface area (Å²) < 4.78 is 12.1. The van der Waals surface area contributed by atoms with E-state index in [0.717, 1.165) is 74.1 Å². The summed E-state index contributed by atoms with van der Waals surface area (Å²) in [5, 5.41) is 0. The Morgan fingerprint density at radius 2 is 1.27 bits per heavy atom. The van der Waals surface area contributed by atoms with Crippen molar-refractivity contribution in [1.82, 2.24) is 0 Å². The van der Waals surface area contributed by atoms with Crippen LogP contribution in [0.1, 0.15) is 67.2 Å². The number of alkyl halides is 4. The van der Waals surface area contributed by atoms with Crippen molar-refractivity contribution in [3.8, 4) is 5.75 Å². The first kappa shape index (κ1) is 39.1. The molecule has 0 amide bonds. The molecule has 5 atom stereocenters. The van der Waals surface area contributed by atoms with Gasteiger partial charge in [0, 0.05) is 66.5 Å². The number of aryl methyl sites for hydroxylation is 1. The van der Waals surface area contributed by atoms with Crippen molar-refractivity contribution in [1.29, 1.82) is 0 Å². The third-order valence-corrected chi connectivity index (χ3v) is 12.5. The van der Waals surface area contributed by atoms with Gasteiger partial charge in [0.2, 0.25) is 0 Å². The maximum absolute atomic E-state index is 13.2. The van der Waals surface area contributed by atoms with Crippen molar-refractivity contribution in [3.63, 3.8) is 0 Å². The van der Waals surface area contributed by atoms with Gasteiger partial charge in [-0.05, 0) is 115 Å². The van der Waals surface area contributed by atoms with Gasteiger partial charge < -0.3 is 19.3 Å². The van der Waals surface area contributed by atoms with E-state index in [-0.39, 0.29) is 36.3 Å². The lowest BCUT2D eigenvalue weighted by molar-refractivity contribution is -0.156. The standard InChI is InChI=1S/C42H50Cl4N2O4/c1-42-17-16-36-35-13-11-34(51-40(49)26-29-2-7-32(8-3-29)47(22-18-43)23-19-44)28-31(35)6-12-37(36)38(42)14-15-39(42)52-41(50)27-30-4-9-33(10-5-30)48(24-20-45)25-21-46/h2-5,7-11,13,28,36-39H,6,12,14-27H2,1H3/t36-,37+,38+,39+,42-/m1/s1. The van der Waals surface area contributed by atoms with Crippen LogP contribution in [-0.2, 0) is 33.6 Å². The van der Waals surface area contributed by atoms with Gasteiger partial charge in [0.15, 0.2) is 0 Å². The number of benzene rings is 3. The quantitative estimate of drug-likeness (QED) is 0.0820. The maximum atomic E-state index is 13.2. The molecule has 3 aliphatic carbocycles. The Bertz CT molecular complexity index is 1640. The molecule has 52 heavy (non-hydrogen) atoms. The Kier molecular flexibility index (Phi) is 13.6. The Morgan fingerprint density at radius 3 is 1.83 bits per heavy atom. The summed E-state index contributed by atoms with van der Waals surface area (Å²) >= 11 is 23.9. The summed E-state index contributed by atoms with van der Waals surface area (Å²) in [5.74, 6) is 3.86. The fourth-order valence-corrected chi connectivity index (χ4v) is 10.1. The average molecular weight is 789 g/mol. The Labute approximate surface area is 329 Å². The van der Waals surface area contributed by atoms with E-state index in [9.17, 15) is 9.59 Å². The fourth-order valence-electron chi connectivity index (χ4n) is 9.27. The molecule has 0 unspecified atom stereocenters. The summed E-state index contributed by atoms with van der Waals surface area (Å²) in [6.45, 7) is 5.24. The zero-order valence-electron chi connectivity index (χ0n) is 30.0. The highest BCUT2D eigenvalue weighted by molar-refractivity contribution is 6.19. The topological polar surface area (TPSA) is 59.1 Å². The van der Waals surface area contributed by atoms with Crippen LogP contribution in [0, 0.1) is 17.3 Å². The molecule has 0 radical (unpaired) electrons. The molecule has 2 saturated carbocycles. The number of hydrogen-bond acceptors (Lipinski definition) is 6. The highest BCUT2D eigenvalue weighted by Crippen LogP contribution is 2.61. The van der Waals surface area contributed by atoms with Crippen LogP contribution in [0.2, 0.25) is 0 Å². The van der Waals surface area contributed by atoms with Crippen molar-refractivity contribution in [2.24, 2.45) is 17.3 Å². The molecular weight excluding hydrogens is 738 g/mol. The van der Waals surface area contributed by atoms with E-state index < -0.39 is 0 Å². The zero-order chi connectivity index (χ0) is 36.7. The summed E-state index contributed by atoms with van der Waals surface area (Å²) in [5.41, 5.74) is 6.62. The number of halogens is 4. The van der Waals surface area contributed by atoms with Gasteiger partial charge in [-0.25, -0.2) is 0 Å². The van der Waals surface area contributed by atoms with Gasteiger partial charge in [0.05, 0.1) is 12.8 Å². The van der Waals surface area contributed by atoms with Crippen LogP contribution < -0.4 is 14.5 Å².